The highest BCUT2D eigenvalue weighted by molar-refractivity contribution is 5.89. The Kier molecular flexibility index (Phi) is 7.51. The topological polar surface area (TPSA) is 79.8 Å². The summed E-state index contributed by atoms with van der Waals surface area (Å²) in [6, 6.07) is 10.5. The third kappa shape index (κ3) is 6.99. The van der Waals surface area contributed by atoms with Gasteiger partial charge < -0.3 is 25.2 Å². The number of carbonyl (C=O) groups excluding carboxylic acids is 1. The second-order valence-electron chi connectivity index (χ2n) is 5.78. The minimum atomic E-state index is -4.47. The number of anilines is 1. The Labute approximate surface area is 160 Å². The Morgan fingerprint density at radius 3 is 2.46 bits per heavy atom. The van der Waals surface area contributed by atoms with Crippen LogP contribution in [0.25, 0.3) is 0 Å². The highest BCUT2D eigenvalue weighted by Gasteiger charge is 2.30. The molecule has 0 aromatic heterocycles. The Bertz CT molecular complexity index is 767. The monoisotopic (exact) mass is 398 g/mol. The maximum Gasteiger partial charge on any atom is 0.416 e. The first-order chi connectivity index (χ1) is 13.3. The van der Waals surface area contributed by atoms with Crippen molar-refractivity contribution in [3.8, 4) is 11.5 Å². The second-order valence-corrected chi connectivity index (χ2v) is 5.78. The summed E-state index contributed by atoms with van der Waals surface area (Å²) in [5, 5.41) is 14.9. The van der Waals surface area contributed by atoms with Crippen LogP contribution in [0.4, 0.5) is 23.7 Å². The number of aliphatic hydroxyl groups is 1. The Balaban J connectivity index is 1.74. The van der Waals surface area contributed by atoms with Gasteiger partial charge in [-0.3, -0.25) is 0 Å². The van der Waals surface area contributed by atoms with Gasteiger partial charge in [0.25, 0.3) is 0 Å². The molecule has 2 rings (SSSR count). The van der Waals surface area contributed by atoms with E-state index in [-0.39, 0.29) is 18.9 Å². The maximum absolute atomic E-state index is 12.6. The lowest BCUT2D eigenvalue weighted by atomic mass is 10.2. The van der Waals surface area contributed by atoms with E-state index in [1.807, 2.05) is 6.92 Å². The normalized spacial score (nSPS) is 12.2. The zero-order chi connectivity index (χ0) is 20.6. The van der Waals surface area contributed by atoms with Crippen molar-refractivity contribution in [1.29, 1.82) is 0 Å². The van der Waals surface area contributed by atoms with E-state index in [4.69, 9.17) is 9.47 Å². The van der Waals surface area contributed by atoms with Crippen LogP contribution in [0.15, 0.2) is 48.5 Å². The van der Waals surface area contributed by atoms with E-state index < -0.39 is 23.9 Å². The third-order valence-corrected chi connectivity index (χ3v) is 3.53. The van der Waals surface area contributed by atoms with Gasteiger partial charge in [-0.2, -0.15) is 13.2 Å². The Morgan fingerprint density at radius 1 is 1.11 bits per heavy atom. The number of nitrogens with one attached hydrogen (secondary N) is 2. The molecule has 0 radical (unpaired) electrons. The number of carbonyl (C=O) groups is 1. The summed E-state index contributed by atoms with van der Waals surface area (Å²) in [5.41, 5.74) is -0.303. The number of halogens is 3. The molecule has 0 saturated heterocycles. The van der Waals surface area contributed by atoms with Crippen LogP contribution < -0.4 is 20.1 Å². The van der Waals surface area contributed by atoms with Crippen molar-refractivity contribution >= 4 is 11.7 Å². The van der Waals surface area contributed by atoms with E-state index in [2.05, 4.69) is 10.6 Å². The van der Waals surface area contributed by atoms with Gasteiger partial charge in [0, 0.05) is 12.2 Å². The first kappa shape index (κ1) is 21.4. The molecular formula is C19H21F3N2O4. The number of rotatable bonds is 8. The van der Waals surface area contributed by atoms with Crippen LogP contribution in [0.5, 0.6) is 11.5 Å². The van der Waals surface area contributed by atoms with Crippen LogP contribution in [0.3, 0.4) is 0 Å². The lowest BCUT2D eigenvalue weighted by Crippen LogP contribution is -2.37. The second kappa shape index (κ2) is 9.84. The molecule has 28 heavy (non-hydrogen) atoms. The van der Waals surface area contributed by atoms with E-state index in [0.29, 0.717) is 18.0 Å². The largest absolute Gasteiger partial charge is 0.494 e. The summed E-state index contributed by atoms with van der Waals surface area (Å²) < 4.78 is 48.4. The first-order valence-electron chi connectivity index (χ1n) is 8.53. The quantitative estimate of drug-likeness (QED) is 0.634. The molecule has 152 valence electrons. The minimum absolute atomic E-state index is 0.0206. The van der Waals surface area contributed by atoms with Crippen LogP contribution in [-0.4, -0.2) is 37.0 Å². The maximum atomic E-state index is 12.6. The predicted octanol–water partition coefficient (Wildman–Crippen LogP) is 3.67. The molecule has 2 aromatic rings. The van der Waals surface area contributed by atoms with Crippen molar-refractivity contribution in [1.82, 2.24) is 5.32 Å². The van der Waals surface area contributed by atoms with Gasteiger partial charge >= 0.3 is 12.2 Å². The average Bonchev–Trinajstić information content (AvgIpc) is 2.66. The fourth-order valence-electron chi connectivity index (χ4n) is 2.20. The fourth-order valence-corrected chi connectivity index (χ4v) is 2.20. The molecule has 3 N–H and O–H groups in total. The van der Waals surface area contributed by atoms with Crippen LogP contribution in [0.2, 0.25) is 0 Å². The van der Waals surface area contributed by atoms with Crippen LogP contribution >= 0.6 is 0 Å². The first-order valence-corrected chi connectivity index (χ1v) is 8.53. The number of hydrogen-bond acceptors (Lipinski definition) is 4. The number of benzene rings is 2. The van der Waals surface area contributed by atoms with Crippen LogP contribution in [-0.2, 0) is 6.18 Å². The average molecular weight is 398 g/mol. The fraction of sp³-hybridized carbons (Fsp3) is 0.316. The van der Waals surface area contributed by atoms with E-state index in [1.54, 1.807) is 24.3 Å². The van der Waals surface area contributed by atoms with Crippen molar-refractivity contribution in [3.63, 3.8) is 0 Å². The molecule has 0 aliphatic rings. The highest BCUT2D eigenvalue weighted by atomic mass is 19.4. The number of aliphatic hydroxyl groups excluding tert-OH is 1. The van der Waals surface area contributed by atoms with Crippen LogP contribution in [0.1, 0.15) is 12.5 Å². The number of ether oxygens (including phenoxy) is 2. The molecule has 6 nitrogen and oxygen atoms in total. The molecule has 1 atom stereocenters. The smallest absolute Gasteiger partial charge is 0.416 e. The predicted molar refractivity (Wildman–Crippen MR) is 97.6 cm³/mol. The van der Waals surface area contributed by atoms with Gasteiger partial charge in [-0.1, -0.05) is 6.07 Å². The van der Waals surface area contributed by atoms with Crippen LogP contribution in [0, 0.1) is 0 Å². The van der Waals surface area contributed by atoms with Gasteiger partial charge in [0.1, 0.15) is 24.2 Å². The molecule has 2 amide bonds. The van der Waals surface area contributed by atoms with Crippen molar-refractivity contribution in [2.45, 2.75) is 19.2 Å². The molecule has 0 bridgehead atoms. The summed E-state index contributed by atoms with van der Waals surface area (Å²) in [7, 11) is 0. The zero-order valence-corrected chi connectivity index (χ0v) is 15.1. The lowest BCUT2D eigenvalue weighted by Gasteiger charge is -2.15. The molecule has 0 fully saturated rings. The summed E-state index contributed by atoms with van der Waals surface area (Å²) >= 11 is 0. The van der Waals surface area contributed by atoms with Gasteiger partial charge in [-0.25, -0.2) is 4.79 Å². The van der Waals surface area contributed by atoms with E-state index in [9.17, 15) is 23.1 Å². The van der Waals surface area contributed by atoms with Gasteiger partial charge in [-0.15, -0.1) is 0 Å². The van der Waals surface area contributed by atoms with Gasteiger partial charge in [-0.05, 0) is 49.4 Å². The zero-order valence-electron chi connectivity index (χ0n) is 15.1. The van der Waals surface area contributed by atoms with E-state index in [1.165, 1.54) is 12.1 Å². The Hall–Kier alpha value is -2.94. The number of alkyl halides is 3. The highest BCUT2D eigenvalue weighted by Crippen LogP contribution is 2.31. The molecule has 0 aliphatic carbocycles. The van der Waals surface area contributed by atoms with Crippen molar-refractivity contribution in [2.75, 3.05) is 25.1 Å². The molecule has 0 aliphatic heterocycles. The summed E-state index contributed by atoms with van der Waals surface area (Å²) in [6.45, 7) is 1.99. The third-order valence-electron chi connectivity index (χ3n) is 3.53. The molecule has 0 spiro atoms. The number of urea groups is 1. The molecular weight excluding hydrogens is 377 g/mol. The number of hydrogen-bond donors (Lipinski definition) is 3. The summed E-state index contributed by atoms with van der Waals surface area (Å²) in [4.78, 5) is 11.8. The Morgan fingerprint density at radius 2 is 1.82 bits per heavy atom. The number of amides is 2. The standard InChI is InChI=1S/C19H21F3N2O4/c1-2-27-16-8-6-14(7-9-16)24-18(26)23-11-15(25)12-28-17-5-3-4-13(10-17)19(20,21)22/h3-10,15,25H,2,11-12H2,1H3,(H2,23,24,26). The molecule has 9 heteroatoms. The van der Waals surface area contributed by atoms with E-state index >= 15 is 0 Å². The molecule has 1 unspecified atom stereocenters. The van der Waals surface area contributed by atoms with E-state index in [0.717, 1.165) is 12.1 Å². The van der Waals surface area contributed by atoms with Crippen molar-refractivity contribution in [3.05, 3.63) is 54.1 Å². The van der Waals surface area contributed by atoms with Crippen molar-refractivity contribution < 1.29 is 32.5 Å². The summed E-state index contributed by atoms with van der Waals surface area (Å²) in [5.74, 6) is 0.656. The lowest BCUT2D eigenvalue weighted by molar-refractivity contribution is -0.137. The van der Waals surface area contributed by atoms with Gasteiger partial charge in [0.15, 0.2) is 0 Å². The summed E-state index contributed by atoms with van der Waals surface area (Å²) in [6.07, 6.45) is -5.57. The van der Waals surface area contributed by atoms with Crippen molar-refractivity contribution in [2.24, 2.45) is 0 Å². The molecule has 0 saturated carbocycles. The molecule has 2 aromatic carbocycles. The SMILES string of the molecule is CCOc1ccc(NC(=O)NCC(O)COc2cccc(C(F)(F)F)c2)cc1. The molecule has 0 heterocycles. The van der Waals surface area contributed by atoms with Gasteiger partial charge in [0.2, 0.25) is 0 Å². The van der Waals surface area contributed by atoms with Gasteiger partial charge in [0.05, 0.1) is 12.2 Å². The minimum Gasteiger partial charge on any atom is -0.494 e.